The Morgan fingerprint density at radius 1 is 1.11 bits per heavy atom. The van der Waals surface area contributed by atoms with Crippen LogP contribution < -0.4 is 10.1 Å². The zero-order chi connectivity index (χ0) is 13.7. The molecular formula is C15H15F2NO. The largest absolute Gasteiger partial charge is 0.489 e. The molecule has 0 spiro atoms. The van der Waals surface area contributed by atoms with Crippen LogP contribution in [0.2, 0.25) is 0 Å². The molecule has 0 amide bonds. The lowest BCUT2D eigenvalue weighted by atomic mass is 10.2. The molecule has 0 aliphatic rings. The third kappa shape index (κ3) is 3.76. The summed E-state index contributed by atoms with van der Waals surface area (Å²) in [7, 11) is 1.78. The van der Waals surface area contributed by atoms with Crippen molar-refractivity contribution in [2.24, 2.45) is 0 Å². The molecule has 0 saturated carbocycles. The van der Waals surface area contributed by atoms with Crippen LogP contribution in [0.1, 0.15) is 11.1 Å². The molecule has 0 bridgehead atoms. The van der Waals surface area contributed by atoms with Crippen molar-refractivity contribution < 1.29 is 13.5 Å². The molecule has 2 aromatic rings. The molecule has 0 aliphatic carbocycles. The minimum atomic E-state index is -0.365. The summed E-state index contributed by atoms with van der Waals surface area (Å²) < 4.78 is 32.2. The molecule has 0 aromatic heterocycles. The predicted molar refractivity (Wildman–Crippen MR) is 69.9 cm³/mol. The second kappa shape index (κ2) is 6.29. The van der Waals surface area contributed by atoms with Gasteiger partial charge in [-0.05, 0) is 30.8 Å². The minimum Gasteiger partial charge on any atom is -0.489 e. The van der Waals surface area contributed by atoms with Crippen LogP contribution in [0.5, 0.6) is 5.75 Å². The van der Waals surface area contributed by atoms with Crippen molar-refractivity contribution in [1.29, 1.82) is 0 Å². The molecule has 0 saturated heterocycles. The zero-order valence-corrected chi connectivity index (χ0v) is 10.6. The van der Waals surface area contributed by atoms with Crippen molar-refractivity contribution in [3.8, 4) is 5.75 Å². The number of rotatable bonds is 5. The van der Waals surface area contributed by atoms with Crippen LogP contribution in [-0.2, 0) is 13.2 Å². The van der Waals surface area contributed by atoms with Gasteiger partial charge in [0.05, 0.1) is 0 Å². The van der Waals surface area contributed by atoms with Crippen LogP contribution in [0.25, 0.3) is 0 Å². The molecule has 19 heavy (non-hydrogen) atoms. The van der Waals surface area contributed by atoms with E-state index in [0.717, 1.165) is 5.56 Å². The highest BCUT2D eigenvalue weighted by Crippen LogP contribution is 2.18. The minimum absolute atomic E-state index is 0.0785. The number of hydrogen-bond acceptors (Lipinski definition) is 2. The number of benzene rings is 2. The molecule has 0 radical (unpaired) electrons. The van der Waals surface area contributed by atoms with Crippen LogP contribution >= 0.6 is 0 Å². The topological polar surface area (TPSA) is 21.3 Å². The maximum Gasteiger partial charge on any atom is 0.129 e. The maximum absolute atomic E-state index is 13.4. The summed E-state index contributed by atoms with van der Waals surface area (Å²) in [5.41, 5.74) is 1.23. The Kier molecular flexibility index (Phi) is 4.47. The van der Waals surface area contributed by atoms with Gasteiger partial charge in [0.25, 0.3) is 0 Å². The molecule has 0 unspecified atom stereocenters. The number of ether oxygens (including phenoxy) is 1. The Hall–Kier alpha value is -1.94. The molecule has 0 heterocycles. The maximum atomic E-state index is 13.4. The fraction of sp³-hybridized carbons (Fsp3) is 0.200. The second-order valence-electron chi connectivity index (χ2n) is 4.21. The van der Waals surface area contributed by atoms with E-state index < -0.39 is 0 Å². The highest BCUT2D eigenvalue weighted by atomic mass is 19.1. The standard InChI is InChI=1S/C15H15F2NO/c1-18-9-11-6-13(16)8-14(7-11)19-10-12-4-2-3-5-15(12)17/h2-8,18H,9-10H2,1H3. The van der Waals surface area contributed by atoms with Crippen molar-refractivity contribution in [3.63, 3.8) is 0 Å². The van der Waals surface area contributed by atoms with E-state index in [0.29, 0.717) is 17.9 Å². The number of nitrogens with one attached hydrogen (secondary N) is 1. The van der Waals surface area contributed by atoms with Crippen molar-refractivity contribution >= 4 is 0 Å². The first-order chi connectivity index (χ1) is 9.19. The van der Waals surface area contributed by atoms with E-state index in [4.69, 9.17) is 4.74 Å². The first-order valence-corrected chi connectivity index (χ1v) is 5.99. The molecule has 0 aliphatic heterocycles. The van der Waals surface area contributed by atoms with E-state index in [2.05, 4.69) is 5.32 Å². The van der Waals surface area contributed by atoms with Crippen LogP contribution in [0.15, 0.2) is 42.5 Å². The molecule has 2 aromatic carbocycles. The van der Waals surface area contributed by atoms with E-state index >= 15 is 0 Å². The van der Waals surface area contributed by atoms with Crippen molar-refractivity contribution in [2.75, 3.05) is 7.05 Å². The number of halogens is 2. The van der Waals surface area contributed by atoms with E-state index in [9.17, 15) is 8.78 Å². The predicted octanol–water partition coefficient (Wildman–Crippen LogP) is 3.26. The molecule has 100 valence electrons. The fourth-order valence-corrected chi connectivity index (χ4v) is 1.79. The molecule has 4 heteroatoms. The average molecular weight is 263 g/mol. The van der Waals surface area contributed by atoms with E-state index in [1.807, 2.05) is 0 Å². The van der Waals surface area contributed by atoms with Crippen LogP contribution in [0.4, 0.5) is 8.78 Å². The lowest BCUT2D eigenvalue weighted by Gasteiger charge is -2.09. The summed E-state index contributed by atoms with van der Waals surface area (Å²) in [6.07, 6.45) is 0. The lowest BCUT2D eigenvalue weighted by Crippen LogP contribution is -2.06. The Bertz CT molecular complexity index is 558. The smallest absolute Gasteiger partial charge is 0.129 e. The Morgan fingerprint density at radius 3 is 2.63 bits per heavy atom. The third-order valence-corrected chi connectivity index (χ3v) is 2.66. The summed E-state index contributed by atoms with van der Waals surface area (Å²) in [5.74, 6) is -0.292. The van der Waals surface area contributed by atoms with Gasteiger partial charge in [-0.3, -0.25) is 0 Å². The van der Waals surface area contributed by atoms with Crippen LogP contribution in [-0.4, -0.2) is 7.05 Å². The summed E-state index contributed by atoms with van der Waals surface area (Å²) in [6, 6.07) is 10.8. The monoisotopic (exact) mass is 263 g/mol. The van der Waals surface area contributed by atoms with Crippen LogP contribution in [0.3, 0.4) is 0 Å². The zero-order valence-electron chi connectivity index (χ0n) is 10.6. The van der Waals surface area contributed by atoms with Gasteiger partial charge < -0.3 is 10.1 Å². The molecular weight excluding hydrogens is 248 g/mol. The van der Waals surface area contributed by atoms with Gasteiger partial charge in [-0.1, -0.05) is 18.2 Å². The Labute approximate surface area is 111 Å². The van der Waals surface area contributed by atoms with E-state index in [1.54, 1.807) is 31.3 Å². The molecule has 2 rings (SSSR count). The quantitative estimate of drug-likeness (QED) is 0.894. The Balaban J connectivity index is 2.09. The van der Waals surface area contributed by atoms with Gasteiger partial charge in [0, 0.05) is 18.2 Å². The Morgan fingerprint density at radius 2 is 1.89 bits per heavy atom. The van der Waals surface area contributed by atoms with Gasteiger partial charge in [-0.15, -0.1) is 0 Å². The SMILES string of the molecule is CNCc1cc(F)cc(OCc2ccccc2F)c1. The summed E-state index contributed by atoms with van der Waals surface area (Å²) in [4.78, 5) is 0. The number of hydrogen-bond donors (Lipinski definition) is 1. The average Bonchev–Trinajstić information content (AvgIpc) is 2.37. The van der Waals surface area contributed by atoms with Gasteiger partial charge in [-0.25, -0.2) is 8.78 Å². The van der Waals surface area contributed by atoms with Gasteiger partial charge >= 0.3 is 0 Å². The van der Waals surface area contributed by atoms with Gasteiger partial charge in [0.1, 0.15) is 24.0 Å². The fourth-order valence-electron chi connectivity index (χ4n) is 1.79. The normalized spacial score (nSPS) is 10.5. The van der Waals surface area contributed by atoms with Crippen molar-refractivity contribution in [2.45, 2.75) is 13.2 Å². The van der Waals surface area contributed by atoms with Gasteiger partial charge in [0.15, 0.2) is 0 Å². The van der Waals surface area contributed by atoms with Crippen molar-refractivity contribution in [1.82, 2.24) is 5.32 Å². The highest BCUT2D eigenvalue weighted by Gasteiger charge is 2.04. The molecule has 0 atom stereocenters. The third-order valence-electron chi connectivity index (χ3n) is 2.66. The van der Waals surface area contributed by atoms with Crippen LogP contribution in [0, 0.1) is 11.6 Å². The summed E-state index contributed by atoms with van der Waals surface area (Å²) in [5, 5.41) is 2.94. The summed E-state index contributed by atoms with van der Waals surface area (Å²) >= 11 is 0. The van der Waals surface area contributed by atoms with E-state index in [-0.39, 0.29) is 18.2 Å². The molecule has 0 fully saturated rings. The van der Waals surface area contributed by atoms with Gasteiger partial charge in [0.2, 0.25) is 0 Å². The van der Waals surface area contributed by atoms with Crippen molar-refractivity contribution in [3.05, 3.63) is 65.2 Å². The van der Waals surface area contributed by atoms with Gasteiger partial charge in [-0.2, -0.15) is 0 Å². The first-order valence-electron chi connectivity index (χ1n) is 5.99. The van der Waals surface area contributed by atoms with E-state index in [1.165, 1.54) is 18.2 Å². The molecule has 1 N–H and O–H groups in total. The second-order valence-corrected chi connectivity index (χ2v) is 4.21. The highest BCUT2D eigenvalue weighted by molar-refractivity contribution is 5.30. The molecule has 2 nitrogen and oxygen atoms in total. The summed E-state index contributed by atoms with van der Waals surface area (Å²) in [6.45, 7) is 0.628. The first kappa shape index (κ1) is 13.5. The lowest BCUT2D eigenvalue weighted by molar-refractivity contribution is 0.298.